The molecule has 146 valence electrons. The fraction of sp³-hybridized carbons (Fsp3) is 0.444. The Labute approximate surface area is 163 Å². The molecule has 0 spiro atoms. The van der Waals surface area contributed by atoms with Crippen molar-refractivity contribution < 1.29 is 24.3 Å². The second kappa shape index (κ2) is 10.4. The zero-order valence-corrected chi connectivity index (χ0v) is 16.7. The molecule has 0 saturated heterocycles. The van der Waals surface area contributed by atoms with E-state index < -0.39 is 13.3 Å². The van der Waals surface area contributed by atoms with Gasteiger partial charge in [0.25, 0.3) is 0 Å². The molecule has 0 fully saturated rings. The van der Waals surface area contributed by atoms with Crippen molar-refractivity contribution in [3.05, 3.63) is 35.7 Å². The molecule has 0 atom stereocenters. The summed E-state index contributed by atoms with van der Waals surface area (Å²) in [6.07, 6.45) is 3.89. The molecule has 1 aromatic heterocycles. The average Bonchev–Trinajstić information content (AvgIpc) is 2.97. The van der Waals surface area contributed by atoms with Gasteiger partial charge in [0.1, 0.15) is 5.82 Å². The molecule has 27 heavy (non-hydrogen) atoms. The predicted molar refractivity (Wildman–Crippen MR) is 106 cm³/mol. The first-order chi connectivity index (χ1) is 13.0. The van der Waals surface area contributed by atoms with Gasteiger partial charge in [-0.3, -0.25) is 4.57 Å². The Balaban J connectivity index is 2.36. The van der Waals surface area contributed by atoms with Gasteiger partial charge in [0.05, 0.1) is 13.2 Å². The first-order valence-corrected chi connectivity index (χ1v) is 10.2. The summed E-state index contributed by atoms with van der Waals surface area (Å²) in [5.41, 5.74) is 1.35. The van der Waals surface area contributed by atoms with Crippen molar-refractivity contribution in [3.8, 4) is 5.88 Å². The summed E-state index contributed by atoms with van der Waals surface area (Å²) in [5.74, 6) is 1.21. The van der Waals surface area contributed by atoms with Crippen LogP contribution in [0.5, 0.6) is 5.88 Å². The topological polar surface area (TPSA) is 93.8 Å². The number of benzene rings is 1. The number of hydrogen-bond donors (Lipinski definition) is 2. The van der Waals surface area contributed by atoms with Crippen LogP contribution in [-0.4, -0.2) is 45.7 Å². The second-order valence-electron chi connectivity index (χ2n) is 5.93. The highest BCUT2D eigenvalue weighted by Gasteiger charge is 2.21. The van der Waals surface area contributed by atoms with Gasteiger partial charge in [-0.1, -0.05) is 37.6 Å². The van der Waals surface area contributed by atoms with Gasteiger partial charge in [0.2, 0.25) is 5.88 Å². The molecule has 0 aliphatic carbocycles. The molecule has 0 radical (unpaired) electrons. The molecule has 0 saturated carbocycles. The number of imidazole rings is 1. The highest BCUT2D eigenvalue weighted by Crippen LogP contribution is 2.30. The minimum atomic E-state index is -1.50. The van der Waals surface area contributed by atoms with Crippen molar-refractivity contribution in [1.82, 2.24) is 9.55 Å². The molecule has 2 rings (SSSR count). The summed E-state index contributed by atoms with van der Waals surface area (Å²) in [5, 5.41) is 19.1. The highest BCUT2D eigenvalue weighted by molar-refractivity contribution is 7.98. The van der Waals surface area contributed by atoms with Gasteiger partial charge >= 0.3 is 13.3 Å². The Hall–Kier alpha value is -1.97. The van der Waals surface area contributed by atoms with Crippen LogP contribution in [0.1, 0.15) is 38.1 Å². The van der Waals surface area contributed by atoms with Gasteiger partial charge in [-0.25, -0.2) is 9.78 Å². The number of aryl methyl sites for hydroxylation is 1. The van der Waals surface area contributed by atoms with Gasteiger partial charge in [-0.2, -0.15) is 0 Å². The largest absolute Gasteiger partial charge is 0.515 e. The van der Waals surface area contributed by atoms with Gasteiger partial charge in [0, 0.05) is 6.42 Å². The van der Waals surface area contributed by atoms with Crippen molar-refractivity contribution in [1.29, 1.82) is 0 Å². The molecule has 9 heteroatoms. The summed E-state index contributed by atoms with van der Waals surface area (Å²) in [6, 6.07) is 6.94. The molecule has 1 heterocycles. The Morgan fingerprint density at radius 2 is 1.96 bits per heavy atom. The minimum Gasteiger partial charge on any atom is -0.434 e. The van der Waals surface area contributed by atoms with Crippen LogP contribution in [0.4, 0.5) is 4.79 Å². The van der Waals surface area contributed by atoms with Gasteiger partial charge in [0.15, 0.2) is 5.03 Å². The molecule has 0 unspecified atom stereocenters. The average molecular weight is 392 g/mol. The number of carbonyl (C=O) groups excluding carboxylic acids is 1. The molecule has 0 amide bonds. The van der Waals surface area contributed by atoms with Gasteiger partial charge in [-0.05, 0) is 30.6 Å². The monoisotopic (exact) mass is 392 g/mol. The van der Waals surface area contributed by atoms with E-state index in [1.54, 1.807) is 19.1 Å². The van der Waals surface area contributed by atoms with Crippen molar-refractivity contribution >= 4 is 30.5 Å². The van der Waals surface area contributed by atoms with Gasteiger partial charge in [-0.15, -0.1) is 11.8 Å². The van der Waals surface area contributed by atoms with Crippen molar-refractivity contribution in [2.75, 3.05) is 12.9 Å². The fourth-order valence-corrected chi connectivity index (χ4v) is 3.11. The minimum absolute atomic E-state index is 0.231. The van der Waals surface area contributed by atoms with E-state index in [9.17, 15) is 14.8 Å². The molecule has 2 aromatic rings. The van der Waals surface area contributed by atoms with E-state index in [4.69, 9.17) is 9.47 Å². The summed E-state index contributed by atoms with van der Waals surface area (Å²) < 4.78 is 12.2. The van der Waals surface area contributed by atoms with Crippen molar-refractivity contribution in [2.45, 2.75) is 44.7 Å². The van der Waals surface area contributed by atoms with E-state index in [2.05, 4.69) is 11.9 Å². The van der Waals surface area contributed by atoms with E-state index in [0.717, 1.165) is 30.7 Å². The number of rotatable bonds is 9. The van der Waals surface area contributed by atoms with Crippen LogP contribution >= 0.6 is 11.8 Å². The normalized spacial score (nSPS) is 10.7. The zero-order valence-electron chi connectivity index (χ0n) is 15.8. The Morgan fingerprint density at radius 1 is 1.26 bits per heavy atom. The lowest BCUT2D eigenvalue weighted by atomic mass is 9.80. The second-order valence-corrected chi connectivity index (χ2v) is 6.73. The lowest BCUT2D eigenvalue weighted by molar-refractivity contribution is 0.0998. The van der Waals surface area contributed by atoms with Crippen LogP contribution < -0.4 is 10.2 Å². The van der Waals surface area contributed by atoms with E-state index in [1.807, 2.05) is 23.0 Å². The number of unbranched alkanes of at least 4 members (excludes halogenated alkanes) is 1. The molecule has 0 bridgehead atoms. The summed E-state index contributed by atoms with van der Waals surface area (Å²) in [7, 11) is -1.50. The van der Waals surface area contributed by atoms with E-state index in [-0.39, 0.29) is 6.61 Å². The summed E-state index contributed by atoms with van der Waals surface area (Å²) in [6.45, 7) is 4.51. The van der Waals surface area contributed by atoms with Crippen LogP contribution in [0.25, 0.3) is 0 Å². The predicted octanol–water partition coefficient (Wildman–Crippen LogP) is 2.21. The molecule has 1 aromatic carbocycles. The third-order valence-electron chi connectivity index (χ3n) is 3.98. The van der Waals surface area contributed by atoms with Crippen LogP contribution in [0.3, 0.4) is 0 Å². The number of aromatic nitrogens is 2. The molecule has 0 aliphatic rings. The van der Waals surface area contributed by atoms with Crippen molar-refractivity contribution in [3.63, 3.8) is 0 Å². The SMILES string of the molecule is CCCCc1nc(SC)c(OC(=O)OCC)n1Cc1ccc(B(O)O)cc1. The molecule has 2 N–H and O–H groups in total. The number of hydrogen-bond acceptors (Lipinski definition) is 7. The maximum atomic E-state index is 11.9. The Bertz CT molecular complexity index is 749. The van der Waals surface area contributed by atoms with E-state index >= 15 is 0 Å². The fourth-order valence-electron chi connectivity index (χ4n) is 2.58. The van der Waals surface area contributed by atoms with Gasteiger partial charge < -0.3 is 19.5 Å². The lowest BCUT2D eigenvalue weighted by Gasteiger charge is -2.13. The van der Waals surface area contributed by atoms with Crippen LogP contribution in [0, 0.1) is 0 Å². The zero-order chi connectivity index (χ0) is 19.8. The molecular formula is C18H25BN2O5S. The molecule has 0 aliphatic heterocycles. The van der Waals surface area contributed by atoms with Crippen LogP contribution in [-0.2, 0) is 17.7 Å². The maximum absolute atomic E-state index is 11.9. The number of nitrogens with zero attached hydrogens (tertiary/aromatic N) is 2. The summed E-state index contributed by atoms with van der Waals surface area (Å²) in [4.78, 5) is 16.5. The first-order valence-electron chi connectivity index (χ1n) is 8.93. The maximum Gasteiger partial charge on any atom is 0.515 e. The molecule has 7 nitrogen and oxygen atoms in total. The van der Waals surface area contributed by atoms with Crippen LogP contribution in [0.2, 0.25) is 0 Å². The third kappa shape index (κ3) is 5.75. The molecular weight excluding hydrogens is 367 g/mol. The highest BCUT2D eigenvalue weighted by atomic mass is 32.2. The number of ether oxygens (including phenoxy) is 2. The van der Waals surface area contributed by atoms with E-state index in [0.29, 0.717) is 22.9 Å². The first kappa shape index (κ1) is 21.3. The standard InChI is InChI=1S/C18H25BN2O5S/c1-4-6-7-15-20-16(27-3)17(26-18(22)25-5-2)21(15)12-13-8-10-14(11-9-13)19(23)24/h8-11,23-24H,4-7,12H2,1-3H3. The summed E-state index contributed by atoms with van der Waals surface area (Å²) >= 11 is 1.41. The number of thioether (sulfide) groups is 1. The third-order valence-corrected chi connectivity index (χ3v) is 4.63. The number of carbonyl (C=O) groups is 1. The smallest absolute Gasteiger partial charge is 0.434 e. The van der Waals surface area contributed by atoms with Crippen LogP contribution in [0.15, 0.2) is 29.3 Å². The lowest BCUT2D eigenvalue weighted by Crippen LogP contribution is -2.29. The van der Waals surface area contributed by atoms with Crippen molar-refractivity contribution in [2.24, 2.45) is 0 Å². The quantitative estimate of drug-likeness (QED) is 0.384. The Morgan fingerprint density at radius 3 is 2.52 bits per heavy atom. The van der Waals surface area contributed by atoms with E-state index in [1.165, 1.54) is 11.8 Å². The Kier molecular flexibility index (Phi) is 8.21.